The van der Waals surface area contributed by atoms with Gasteiger partial charge in [0.2, 0.25) is 16.0 Å². The summed E-state index contributed by atoms with van der Waals surface area (Å²) in [6.45, 7) is 1.47. The molecule has 13 nitrogen and oxygen atoms in total. The number of hydrogen-bond acceptors (Lipinski definition) is 10. The number of anilines is 1. The number of hydrogen-bond donors (Lipinski definition) is 2. The van der Waals surface area contributed by atoms with Gasteiger partial charge in [-0.25, -0.2) is 18.4 Å². The highest BCUT2D eigenvalue weighted by Crippen LogP contribution is 2.39. The fraction of sp³-hybridized carbons (Fsp3) is 0.240. The third kappa shape index (κ3) is 4.92. The van der Waals surface area contributed by atoms with E-state index in [0.717, 1.165) is 10.9 Å². The van der Waals surface area contributed by atoms with Crippen molar-refractivity contribution in [2.45, 2.75) is 18.3 Å². The Morgan fingerprint density at radius 3 is 2.30 bits per heavy atom. The number of halogens is 1. The van der Waals surface area contributed by atoms with E-state index in [9.17, 15) is 8.42 Å². The Balaban J connectivity index is 1.65. The molecule has 0 spiro atoms. The average molecular weight is 585 g/mol. The SMILES string of the molecule is COc1cccc(OC)c1-n1c(NS(=O)(=O)[C@@H](C)[C@H](OC)c2ncc(Cl)cn2)nnc1-c1n[nH]c2ccccc12. The lowest BCUT2D eigenvalue weighted by molar-refractivity contribution is 0.0950. The van der Waals surface area contributed by atoms with E-state index in [4.69, 9.17) is 25.8 Å². The Hall–Kier alpha value is -4.27. The van der Waals surface area contributed by atoms with Gasteiger partial charge in [0.1, 0.15) is 34.2 Å². The number of sulfonamides is 1. The molecule has 0 saturated carbocycles. The second-order valence-corrected chi connectivity index (χ2v) is 11.1. The number of rotatable bonds is 10. The smallest absolute Gasteiger partial charge is 0.243 e. The maximum absolute atomic E-state index is 13.7. The van der Waals surface area contributed by atoms with Gasteiger partial charge in [-0.2, -0.15) is 5.10 Å². The standard InChI is InChI=1S/C25H25ClN8O5S/c1-14(22(39-4)23-27-12-15(26)13-28-23)40(35,36)33-25-32-31-24(20-16-8-5-6-9-17(16)29-30-20)34(25)21-18(37-2)10-7-11-19(21)38-3/h5-14,22H,1-4H3,(H,29,30)(H,32,33)/t14-,22-/m0/s1. The van der Waals surface area contributed by atoms with Crippen molar-refractivity contribution in [1.29, 1.82) is 0 Å². The van der Waals surface area contributed by atoms with Gasteiger partial charge in [0.25, 0.3) is 0 Å². The Morgan fingerprint density at radius 2 is 1.65 bits per heavy atom. The summed E-state index contributed by atoms with van der Waals surface area (Å²) in [5.41, 5.74) is 1.58. The van der Waals surface area contributed by atoms with Crippen LogP contribution in [0.4, 0.5) is 5.95 Å². The molecule has 0 aliphatic heterocycles. The zero-order valence-electron chi connectivity index (χ0n) is 21.9. The van der Waals surface area contributed by atoms with Crippen molar-refractivity contribution in [3.63, 3.8) is 0 Å². The van der Waals surface area contributed by atoms with Gasteiger partial charge >= 0.3 is 0 Å². The Bertz CT molecular complexity index is 1730. The fourth-order valence-corrected chi connectivity index (χ4v) is 5.49. The highest BCUT2D eigenvalue weighted by atomic mass is 35.5. The summed E-state index contributed by atoms with van der Waals surface area (Å²) in [7, 11) is 0.188. The first-order valence-electron chi connectivity index (χ1n) is 11.9. The van der Waals surface area contributed by atoms with Crippen LogP contribution in [0.5, 0.6) is 11.5 Å². The van der Waals surface area contributed by atoms with E-state index in [2.05, 4.69) is 35.1 Å². The molecule has 2 N–H and O–H groups in total. The van der Waals surface area contributed by atoms with Crippen molar-refractivity contribution in [1.82, 2.24) is 34.9 Å². The highest BCUT2D eigenvalue weighted by Gasteiger charge is 2.35. The van der Waals surface area contributed by atoms with Gasteiger partial charge in [-0.15, -0.1) is 10.2 Å². The number of aromatic nitrogens is 7. The molecule has 0 bridgehead atoms. The predicted octanol–water partition coefficient (Wildman–Crippen LogP) is 3.79. The number of methoxy groups -OCH3 is 3. The number of nitrogens with zero attached hydrogens (tertiary/aromatic N) is 6. The third-order valence-electron chi connectivity index (χ3n) is 6.27. The topological polar surface area (TPSA) is 159 Å². The molecule has 0 unspecified atom stereocenters. The molecule has 3 heterocycles. The van der Waals surface area contributed by atoms with Crippen molar-refractivity contribution in [3.05, 3.63) is 65.7 Å². The zero-order chi connectivity index (χ0) is 28.4. The van der Waals surface area contributed by atoms with E-state index in [1.165, 1.54) is 45.2 Å². The molecule has 5 aromatic rings. The van der Waals surface area contributed by atoms with Crippen molar-refractivity contribution >= 4 is 38.5 Å². The lowest BCUT2D eigenvalue weighted by Crippen LogP contribution is -2.33. The van der Waals surface area contributed by atoms with Crippen molar-refractivity contribution in [2.24, 2.45) is 0 Å². The minimum Gasteiger partial charge on any atom is -0.494 e. The van der Waals surface area contributed by atoms with E-state index >= 15 is 0 Å². The quantitative estimate of drug-likeness (QED) is 0.247. The number of para-hydroxylation sites is 2. The first kappa shape index (κ1) is 27.3. The van der Waals surface area contributed by atoms with E-state index < -0.39 is 21.4 Å². The molecular formula is C25H25ClN8O5S. The Labute approximate surface area is 234 Å². The van der Waals surface area contributed by atoms with Crippen molar-refractivity contribution < 1.29 is 22.6 Å². The molecular weight excluding hydrogens is 560 g/mol. The molecule has 3 aromatic heterocycles. The molecule has 0 aliphatic rings. The molecule has 0 saturated heterocycles. The van der Waals surface area contributed by atoms with Crippen LogP contribution in [0, 0.1) is 0 Å². The number of ether oxygens (including phenoxy) is 3. The molecule has 15 heteroatoms. The minimum absolute atomic E-state index is 0.122. The largest absolute Gasteiger partial charge is 0.494 e. The van der Waals surface area contributed by atoms with Crippen LogP contribution in [0.3, 0.4) is 0 Å². The van der Waals surface area contributed by atoms with Gasteiger partial charge in [0.05, 0.1) is 24.8 Å². The average Bonchev–Trinajstić information content (AvgIpc) is 3.57. The summed E-state index contributed by atoms with van der Waals surface area (Å²) in [5, 5.41) is 15.9. The van der Waals surface area contributed by atoms with Crippen molar-refractivity contribution in [2.75, 3.05) is 26.1 Å². The van der Waals surface area contributed by atoms with Gasteiger partial charge < -0.3 is 14.2 Å². The Kier molecular flexibility index (Phi) is 7.56. The summed E-state index contributed by atoms with van der Waals surface area (Å²) in [4.78, 5) is 8.26. The number of nitrogens with one attached hydrogen (secondary N) is 2. The second kappa shape index (κ2) is 11.1. The van der Waals surface area contributed by atoms with Crippen LogP contribution in [-0.2, 0) is 14.8 Å². The van der Waals surface area contributed by atoms with Crippen LogP contribution >= 0.6 is 11.6 Å². The molecule has 0 aliphatic carbocycles. The highest BCUT2D eigenvalue weighted by molar-refractivity contribution is 7.93. The van der Waals surface area contributed by atoms with Gasteiger partial charge in [-0.05, 0) is 25.1 Å². The maximum atomic E-state index is 13.7. The lowest BCUT2D eigenvalue weighted by atomic mass is 10.2. The maximum Gasteiger partial charge on any atom is 0.243 e. The van der Waals surface area contributed by atoms with Gasteiger partial charge in [0.15, 0.2) is 11.6 Å². The van der Waals surface area contributed by atoms with Crippen LogP contribution in [0.1, 0.15) is 18.9 Å². The summed E-state index contributed by atoms with van der Waals surface area (Å²) >= 11 is 5.90. The van der Waals surface area contributed by atoms with E-state index in [1.54, 1.807) is 18.2 Å². The van der Waals surface area contributed by atoms with Crippen LogP contribution < -0.4 is 14.2 Å². The van der Waals surface area contributed by atoms with Crippen molar-refractivity contribution in [3.8, 4) is 28.7 Å². The van der Waals surface area contributed by atoms with Crippen LogP contribution in [0.25, 0.3) is 28.1 Å². The summed E-state index contributed by atoms with van der Waals surface area (Å²) in [5.74, 6) is 1.05. The van der Waals surface area contributed by atoms with E-state index in [0.29, 0.717) is 27.9 Å². The number of aromatic amines is 1. The van der Waals surface area contributed by atoms with Gasteiger partial charge in [0, 0.05) is 24.9 Å². The molecule has 2 atom stereocenters. The van der Waals surface area contributed by atoms with Crippen LogP contribution in [0.2, 0.25) is 5.02 Å². The number of fused-ring (bicyclic) bond motifs is 1. The summed E-state index contributed by atoms with van der Waals surface area (Å²) < 4.78 is 48.2. The summed E-state index contributed by atoms with van der Waals surface area (Å²) in [6.07, 6.45) is 1.73. The first-order valence-corrected chi connectivity index (χ1v) is 13.8. The van der Waals surface area contributed by atoms with E-state index in [1.807, 2.05) is 24.3 Å². The van der Waals surface area contributed by atoms with Gasteiger partial charge in [-0.3, -0.25) is 14.4 Å². The normalized spacial score (nSPS) is 13.2. The number of H-pyrrole nitrogens is 1. The lowest BCUT2D eigenvalue weighted by Gasteiger charge is -2.22. The summed E-state index contributed by atoms with van der Waals surface area (Å²) in [6, 6.07) is 12.6. The third-order valence-corrected chi connectivity index (χ3v) is 8.16. The molecule has 0 fully saturated rings. The number of benzene rings is 2. The Morgan fingerprint density at radius 1 is 0.975 bits per heavy atom. The van der Waals surface area contributed by atoms with Crippen LogP contribution in [-0.4, -0.2) is 69.9 Å². The minimum atomic E-state index is -4.17. The molecule has 0 amide bonds. The molecule has 2 aromatic carbocycles. The zero-order valence-corrected chi connectivity index (χ0v) is 23.4. The van der Waals surface area contributed by atoms with Gasteiger partial charge in [-0.1, -0.05) is 35.9 Å². The van der Waals surface area contributed by atoms with E-state index in [-0.39, 0.29) is 17.6 Å². The first-order chi connectivity index (χ1) is 19.3. The van der Waals surface area contributed by atoms with Crippen LogP contribution in [0.15, 0.2) is 54.9 Å². The molecule has 208 valence electrons. The predicted molar refractivity (Wildman–Crippen MR) is 148 cm³/mol. The fourth-order valence-electron chi connectivity index (χ4n) is 4.26. The molecule has 40 heavy (non-hydrogen) atoms. The molecule has 5 rings (SSSR count). The molecule has 0 radical (unpaired) electrons. The monoisotopic (exact) mass is 584 g/mol. The second-order valence-electron chi connectivity index (χ2n) is 8.58.